The van der Waals surface area contributed by atoms with Crippen molar-refractivity contribution >= 4 is 57.8 Å². The van der Waals surface area contributed by atoms with E-state index in [2.05, 4.69) is 15.4 Å². The number of anilines is 1. The third-order valence-electron chi connectivity index (χ3n) is 3.72. The lowest BCUT2D eigenvalue weighted by Crippen LogP contribution is -2.31. The summed E-state index contributed by atoms with van der Waals surface area (Å²) < 4.78 is 5.56. The molecule has 0 saturated carbocycles. The standard InChI is InChI=1S/C18H13ClN4O3S/c19-11-6-7-14-13(8-11)20-18(26-14)27-10-16(24)21-15-9-17(25)23(22-15)12-4-2-1-3-5-12/h1-8H,9-10H2,(H,21,22,24). The van der Waals surface area contributed by atoms with Gasteiger partial charge in [-0.15, -0.1) is 0 Å². The molecule has 0 bridgehead atoms. The van der Waals surface area contributed by atoms with Gasteiger partial charge in [0.05, 0.1) is 17.9 Å². The van der Waals surface area contributed by atoms with Crippen molar-refractivity contribution < 1.29 is 14.0 Å². The molecule has 0 saturated heterocycles. The minimum Gasteiger partial charge on any atom is -0.431 e. The molecule has 2 aromatic carbocycles. The van der Waals surface area contributed by atoms with Crippen molar-refractivity contribution in [3.63, 3.8) is 0 Å². The summed E-state index contributed by atoms with van der Waals surface area (Å²) in [6.07, 6.45) is 0.0483. The fourth-order valence-electron chi connectivity index (χ4n) is 2.54. The van der Waals surface area contributed by atoms with Gasteiger partial charge in [-0.25, -0.2) is 4.98 Å². The zero-order valence-corrected chi connectivity index (χ0v) is 15.5. The van der Waals surface area contributed by atoms with Crippen LogP contribution in [0.4, 0.5) is 5.69 Å². The molecule has 1 aliphatic heterocycles. The number of amidine groups is 1. The van der Waals surface area contributed by atoms with Crippen LogP contribution in [0, 0.1) is 0 Å². The number of carbonyl (C=O) groups is 2. The van der Waals surface area contributed by atoms with E-state index >= 15 is 0 Å². The van der Waals surface area contributed by atoms with Crippen LogP contribution in [0.5, 0.6) is 0 Å². The molecule has 0 aliphatic carbocycles. The SMILES string of the molecule is O=C(CSc1nc2cc(Cl)ccc2o1)NC1=NN(c2ccccc2)C(=O)C1. The molecule has 4 rings (SSSR count). The van der Waals surface area contributed by atoms with E-state index in [1.807, 2.05) is 18.2 Å². The van der Waals surface area contributed by atoms with E-state index in [0.717, 1.165) is 11.8 Å². The molecule has 27 heavy (non-hydrogen) atoms. The maximum atomic E-state index is 12.2. The predicted octanol–water partition coefficient (Wildman–Crippen LogP) is 3.44. The number of thioether (sulfide) groups is 1. The third-order valence-corrected chi connectivity index (χ3v) is 4.78. The molecule has 0 unspecified atom stereocenters. The largest absolute Gasteiger partial charge is 0.431 e. The van der Waals surface area contributed by atoms with Crippen molar-refractivity contribution in [2.75, 3.05) is 10.8 Å². The van der Waals surface area contributed by atoms with Gasteiger partial charge >= 0.3 is 0 Å². The fraction of sp³-hybridized carbons (Fsp3) is 0.111. The molecule has 1 N–H and O–H groups in total. The summed E-state index contributed by atoms with van der Waals surface area (Å²) in [5, 5.41) is 9.07. The quantitative estimate of drug-likeness (QED) is 0.678. The Labute approximate surface area is 163 Å². The number of halogens is 1. The lowest BCUT2D eigenvalue weighted by molar-refractivity contribution is -0.117. The lowest BCUT2D eigenvalue weighted by atomic mass is 10.3. The molecule has 7 nitrogen and oxygen atoms in total. The van der Waals surface area contributed by atoms with E-state index in [1.54, 1.807) is 30.3 Å². The second-order valence-corrected chi connectivity index (χ2v) is 7.06. The van der Waals surface area contributed by atoms with Crippen LogP contribution in [0.1, 0.15) is 6.42 Å². The number of rotatable bonds is 4. The number of aromatic nitrogens is 1. The molecule has 1 aliphatic rings. The van der Waals surface area contributed by atoms with Gasteiger partial charge in [-0.05, 0) is 30.3 Å². The zero-order chi connectivity index (χ0) is 18.8. The second kappa shape index (κ2) is 7.42. The van der Waals surface area contributed by atoms with Gasteiger partial charge in [-0.2, -0.15) is 10.1 Å². The highest BCUT2D eigenvalue weighted by Crippen LogP contribution is 2.25. The minimum atomic E-state index is -0.290. The van der Waals surface area contributed by atoms with Crippen molar-refractivity contribution in [3.8, 4) is 0 Å². The van der Waals surface area contributed by atoms with E-state index in [1.165, 1.54) is 5.01 Å². The minimum absolute atomic E-state index is 0.0483. The number of para-hydroxylation sites is 1. The highest BCUT2D eigenvalue weighted by Gasteiger charge is 2.26. The molecule has 0 atom stereocenters. The summed E-state index contributed by atoms with van der Waals surface area (Å²) in [5.74, 6) is -0.0837. The Morgan fingerprint density at radius 2 is 2.07 bits per heavy atom. The van der Waals surface area contributed by atoms with Crippen LogP contribution in [0.15, 0.2) is 63.3 Å². The molecule has 9 heteroatoms. The first-order valence-corrected chi connectivity index (χ1v) is 9.39. The van der Waals surface area contributed by atoms with Crippen LogP contribution in [-0.4, -0.2) is 28.4 Å². The van der Waals surface area contributed by atoms with E-state index in [9.17, 15) is 9.59 Å². The average Bonchev–Trinajstić information content (AvgIpc) is 3.23. The Bertz CT molecular complexity index is 1050. The van der Waals surface area contributed by atoms with Crippen LogP contribution in [0.25, 0.3) is 11.1 Å². The van der Waals surface area contributed by atoms with E-state index in [4.69, 9.17) is 16.0 Å². The lowest BCUT2D eigenvalue weighted by Gasteiger charge is -2.10. The molecule has 136 valence electrons. The maximum Gasteiger partial charge on any atom is 0.257 e. The van der Waals surface area contributed by atoms with Crippen LogP contribution in [-0.2, 0) is 9.59 Å². The summed E-state index contributed by atoms with van der Waals surface area (Å²) in [6, 6.07) is 14.2. The second-order valence-electron chi connectivity index (χ2n) is 5.69. The summed E-state index contributed by atoms with van der Waals surface area (Å²) in [6.45, 7) is 0. The molecule has 0 radical (unpaired) electrons. The first-order valence-electron chi connectivity index (χ1n) is 8.03. The van der Waals surface area contributed by atoms with Gasteiger partial charge in [0.25, 0.3) is 11.1 Å². The molecule has 0 spiro atoms. The Morgan fingerprint density at radius 3 is 2.89 bits per heavy atom. The predicted molar refractivity (Wildman–Crippen MR) is 104 cm³/mol. The Kier molecular flexibility index (Phi) is 4.83. The van der Waals surface area contributed by atoms with E-state index in [-0.39, 0.29) is 24.0 Å². The van der Waals surface area contributed by atoms with E-state index < -0.39 is 0 Å². The monoisotopic (exact) mass is 400 g/mol. The molecule has 3 aromatic rings. The Morgan fingerprint density at radius 1 is 1.26 bits per heavy atom. The topological polar surface area (TPSA) is 87.8 Å². The first-order chi connectivity index (χ1) is 13.1. The van der Waals surface area contributed by atoms with Gasteiger partial charge in [0.2, 0.25) is 5.91 Å². The molecule has 2 amide bonds. The molecule has 1 aromatic heterocycles. The molecular formula is C18H13ClN4O3S. The number of carbonyl (C=O) groups excluding carboxylic acids is 2. The van der Waals surface area contributed by atoms with Crippen LogP contribution >= 0.6 is 23.4 Å². The van der Waals surface area contributed by atoms with Crippen molar-refractivity contribution in [3.05, 3.63) is 53.6 Å². The van der Waals surface area contributed by atoms with Crippen LogP contribution in [0.3, 0.4) is 0 Å². The van der Waals surface area contributed by atoms with Gasteiger partial charge < -0.3 is 9.73 Å². The number of hydrogen-bond acceptors (Lipinski definition) is 6. The van der Waals surface area contributed by atoms with Crippen LogP contribution in [0.2, 0.25) is 5.02 Å². The summed E-state index contributed by atoms with van der Waals surface area (Å²) in [5.41, 5.74) is 1.90. The van der Waals surface area contributed by atoms with Gasteiger partial charge in [0.15, 0.2) is 5.58 Å². The number of benzene rings is 2. The first kappa shape index (κ1) is 17.6. The normalized spacial score (nSPS) is 13.9. The van der Waals surface area contributed by atoms with Gasteiger partial charge in [-0.3, -0.25) is 9.59 Å². The maximum absolute atomic E-state index is 12.2. The van der Waals surface area contributed by atoms with Crippen molar-refractivity contribution in [1.29, 1.82) is 0 Å². The van der Waals surface area contributed by atoms with E-state index in [0.29, 0.717) is 32.9 Å². The number of hydrazone groups is 1. The fourth-order valence-corrected chi connectivity index (χ4v) is 3.34. The average molecular weight is 401 g/mol. The van der Waals surface area contributed by atoms with Gasteiger partial charge in [-0.1, -0.05) is 41.6 Å². The Hall–Kier alpha value is -2.84. The summed E-state index contributed by atoms with van der Waals surface area (Å²) in [4.78, 5) is 28.5. The Balaban J connectivity index is 1.37. The van der Waals surface area contributed by atoms with Crippen LogP contribution < -0.4 is 10.3 Å². The number of hydrogen-bond donors (Lipinski definition) is 1. The van der Waals surface area contributed by atoms with Gasteiger partial charge in [0.1, 0.15) is 11.4 Å². The smallest absolute Gasteiger partial charge is 0.257 e. The zero-order valence-electron chi connectivity index (χ0n) is 13.9. The summed E-state index contributed by atoms with van der Waals surface area (Å²) in [7, 11) is 0. The number of amides is 2. The molecule has 0 fully saturated rings. The van der Waals surface area contributed by atoms with Crippen molar-refractivity contribution in [2.45, 2.75) is 11.6 Å². The number of fused-ring (bicyclic) bond motifs is 1. The number of oxazole rings is 1. The molecular weight excluding hydrogens is 388 g/mol. The third kappa shape index (κ3) is 3.96. The highest BCUT2D eigenvalue weighted by molar-refractivity contribution is 7.99. The van der Waals surface area contributed by atoms with Gasteiger partial charge in [0, 0.05) is 5.02 Å². The summed E-state index contributed by atoms with van der Waals surface area (Å²) >= 11 is 7.08. The number of nitrogens with zero attached hydrogens (tertiary/aromatic N) is 3. The molecule has 2 heterocycles. The highest BCUT2D eigenvalue weighted by atomic mass is 35.5. The van der Waals surface area contributed by atoms with Crippen molar-refractivity contribution in [2.24, 2.45) is 5.10 Å². The number of nitrogens with one attached hydrogen (secondary N) is 1. The van der Waals surface area contributed by atoms with Crippen molar-refractivity contribution in [1.82, 2.24) is 10.3 Å².